The summed E-state index contributed by atoms with van der Waals surface area (Å²) in [5.74, 6) is 0.654. The number of nitrogens with one attached hydrogen (secondary N) is 1. The molecule has 2 aliphatic heterocycles. The number of aromatic nitrogens is 2. The molecule has 0 radical (unpaired) electrons. The fourth-order valence-corrected chi connectivity index (χ4v) is 4.41. The Bertz CT molecular complexity index is 573. The van der Waals surface area contributed by atoms with Gasteiger partial charge in [-0.05, 0) is 38.3 Å². The van der Waals surface area contributed by atoms with E-state index in [1.165, 1.54) is 25.7 Å². The lowest BCUT2D eigenvalue weighted by Gasteiger charge is -2.40. The van der Waals surface area contributed by atoms with Gasteiger partial charge in [0.05, 0.1) is 17.9 Å². The highest BCUT2D eigenvalue weighted by Gasteiger charge is 2.40. The van der Waals surface area contributed by atoms with Crippen LogP contribution < -0.4 is 5.32 Å². The maximum Gasteiger partial charge on any atom is 0.244 e. The maximum absolute atomic E-state index is 12.7. The minimum absolute atomic E-state index is 0.0586. The Hall–Kier alpha value is -1.40. The Morgan fingerprint density at radius 2 is 2.25 bits per heavy atom. The molecule has 1 spiro atoms. The van der Waals surface area contributed by atoms with Crippen molar-refractivity contribution in [2.75, 3.05) is 32.8 Å². The number of hydrogen-bond acceptors (Lipinski definition) is 4. The van der Waals surface area contributed by atoms with Crippen molar-refractivity contribution in [3.8, 4) is 0 Å². The van der Waals surface area contributed by atoms with Crippen LogP contribution in [-0.2, 0) is 16.1 Å². The first-order chi connectivity index (χ1) is 11.7. The molecular weight excluding hydrogens is 304 g/mol. The summed E-state index contributed by atoms with van der Waals surface area (Å²) in [6.07, 6.45) is 8.97. The summed E-state index contributed by atoms with van der Waals surface area (Å²) in [5, 5.41) is 8.08. The molecule has 3 heterocycles. The quantitative estimate of drug-likeness (QED) is 0.912. The number of carbonyl (C=O) groups is 1. The van der Waals surface area contributed by atoms with E-state index in [-0.39, 0.29) is 11.5 Å². The molecule has 3 fully saturated rings. The minimum atomic E-state index is -0.0586. The van der Waals surface area contributed by atoms with Crippen molar-refractivity contribution in [2.45, 2.75) is 56.6 Å². The zero-order chi connectivity index (χ0) is 16.4. The van der Waals surface area contributed by atoms with Crippen molar-refractivity contribution in [2.24, 2.45) is 0 Å². The minimum Gasteiger partial charge on any atom is -0.371 e. The zero-order valence-electron chi connectivity index (χ0n) is 14.4. The van der Waals surface area contributed by atoms with Crippen molar-refractivity contribution in [1.82, 2.24) is 20.0 Å². The Morgan fingerprint density at radius 3 is 3.04 bits per heavy atom. The Labute approximate surface area is 143 Å². The van der Waals surface area contributed by atoms with E-state index in [9.17, 15) is 4.79 Å². The molecule has 24 heavy (non-hydrogen) atoms. The van der Waals surface area contributed by atoms with E-state index in [0.717, 1.165) is 38.2 Å². The first-order valence-corrected chi connectivity index (χ1v) is 9.40. The molecule has 1 unspecified atom stereocenters. The third-order valence-corrected chi connectivity index (χ3v) is 5.79. The molecule has 1 atom stereocenters. The maximum atomic E-state index is 12.7. The van der Waals surface area contributed by atoms with Gasteiger partial charge in [0.25, 0.3) is 0 Å². The number of morpholine rings is 1. The van der Waals surface area contributed by atoms with E-state index < -0.39 is 0 Å². The molecule has 1 aliphatic carbocycles. The van der Waals surface area contributed by atoms with Crippen LogP contribution in [0.2, 0.25) is 0 Å². The van der Waals surface area contributed by atoms with Gasteiger partial charge < -0.3 is 15.0 Å². The monoisotopic (exact) mass is 332 g/mol. The average molecular weight is 332 g/mol. The van der Waals surface area contributed by atoms with Crippen LogP contribution in [0.25, 0.3) is 0 Å². The Kier molecular flexibility index (Phi) is 4.59. The third kappa shape index (κ3) is 3.35. The van der Waals surface area contributed by atoms with Gasteiger partial charge in [0.15, 0.2) is 0 Å². The van der Waals surface area contributed by atoms with Crippen LogP contribution in [0.5, 0.6) is 0 Å². The van der Waals surface area contributed by atoms with Crippen LogP contribution in [-0.4, -0.2) is 59.0 Å². The summed E-state index contributed by atoms with van der Waals surface area (Å²) in [4.78, 5) is 14.7. The van der Waals surface area contributed by atoms with Gasteiger partial charge in [0, 0.05) is 31.7 Å². The molecule has 1 N–H and O–H groups in total. The zero-order valence-corrected chi connectivity index (χ0v) is 14.4. The van der Waals surface area contributed by atoms with Crippen LogP contribution in [0, 0.1) is 0 Å². The lowest BCUT2D eigenvalue weighted by Crippen LogP contribution is -2.53. The second-order valence-electron chi connectivity index (χ2n) is 7.54. The highest BCUT2D eigenvalue weighted by Crippen LogP contribution is 2.35. The largest absolute Gasteiger partial charge is 0.371 e. The molecule has 0 aromatic carbocycles. The normalized spacial score (nSPS) is 26.8. The van der Waals surface area contributed by atoms with Crippen molar-refractivity contribution in [1.29, 1.82) is 0 Å². The van der Waals surface area contributed by atoms with Gasteiger partial charge in [-0.15, -0.1) is 0 Å². The molecular formula is C18H28N4O2. The lowest BCUT2D eigenvalue weighted by molar-refractivity contribution is -0.150. The van der Waals surface area contributed by atoms with Crippen LogP contribution in [0.15, 0.2) is 12.3 Å². The van der Waals surface area contributed by atoms with Crippen LogP contribution in [0.3, 0.4) is 0 Å². The van der Waals surface area contributed by atoms with Gasteiger partial charge in [0.2, 0.25) is 5.91 Å². The second kappa shape index (κ2) is 6.84. The molecule has 2 saturated heterocycles. The molecule has 4 rings (SSSR count). The number of ether oxygens (including phenoxy) is 1. The van der Waals surface area contributed by atoms with E-state index in [1.54, 1.807) is 0 Å². The molecule has 1 amide bonds. The molecule has 1 aromatic rings. The van der Waals surface area contributed by atoms with Crippen LogP contribution >= 0.6 is 0 Å². The van der Waals surface area contributed by atoms with Crippen molar-refractivity contribution in [3.05, 3.63) is 18.0 Å². The lowest BCUT2D eigenvalue weighted by atomic mass is 9.97. The SMILES string of the molecule is O=C(Cn1ccc(C2CCCNC2)n1)N1CCOC2(CCCC2)C1. The van der Waals surface area contributed by atoms with Crippen LogP contribution in [0.4, 0.5) is 0 Å². The number of carbonyl (C=O) groups excluding carboxylic acids is 1. The van der Waals surface area contributed by atoms with Gasteiger partial charge in [-0.2, -0.15) is 5.10 Å². The number of nitrogens with zero attached hydrogens (tertiary/aromatic N) is 3. The Balaban J connectivity index is 1.36. The summed E-state index contributed by atoms with van der Waals surface area (Å²) in [5.41, 5.74) is 1.06. The molecule has 3 aliphatic rings. The fraction of sp³-hybridized carbons (Fsp3) is 0.778. The van der Waals surface area contributed by atoms with Crippen molar-refractivity contribution >= 4 is 5.91 Å². The van der Waals surface area contributed by atoms with E-state index in [2.05, 4.69) is 16.5 Å². The highest BCUT2D eigenvalue weighted by atomic mass is 16.5. The summed E-state index contributed by atoms with van der Waals surface area (Å²) in [6.45, 7) is 4.58. The number of hydrogen-bond donors (Lipinski definition) is 1. The number of rotatable bonds is 3. The van der Waals surface area contributed by atoms with E-state index >= 15 is 0 Å². The number of piperidine rings is 1. The highest BCUT2D eigenvalue weighted by molar-refractivity contribution is 5.76. The topological polar surface area (TPSA) is 59.4 Å². The second-order valence-corrected chi connectivity index (χ2v) is 7.54. The van der Waals surface area contributed by atoms with Crippen molar-refractivity contribution in [3.63, 3.8) is 0 Å². The summed E-state index contributed by atoms with van der Waals surface area (Å²) in [7, 11) is 0. The molecule has 6 nitrogen and oxygen atoms in total. The van der Waals surface area contributed by atoms with E-state index in [0.29, 0.717) is 25.6 Å². The van der Waals surface area contributed by atoms with Crippen LogP contribution in [0.1, 0.15) is 50.1 Å². The third-order valence-electron chi connectivity index (χ3n) is 5.79. The van der Waals surface area contributed by atoms with Gasteiger partial charge in [0.1, 0.15) is 6.54 Å². The summed E-state index contributed by atoms with van der Waals surface area (Å²) in [6, 6.07) is 2.07. The van der Waals surface area contributed by atoms with Gasteiger partial charge in [-0.1, -0.05) is 12.8 Å². The molecule has 1 saturated carbocycles. The Morgan fingerprint density at radius 1 is 1.38 bits per heavy atom. The fourth-order valence-electron chi connectivity index (χ4n) is 4.41. The molecule has 0 bridgehead atoms. The van der Waals surface area contributed by atoms with Gasteiger partial charge >= 0.3 is 0 Å². The molecule has 6 heteroatoms. The molecule has 132 valence electrons. The predicted molar refractivity (Wildman–Crippen MR) is 90.8 cm³/mol. The van der Waals surface area contributed by atoms with Gasteiger partial charge in [-0.25, -0.2) is 0 Å². The first-order valence-electron chi connectivity index (χ1n) is 9.40. The summed E-state index contributed by atoms with van der Waals surface area (Å²) < 4.78 is 7.83. The van der Waals surface area contributed by atoms with E-state index in [4.69, 9.17) is 4.74 Å². The summed E-state index contributed by atoms with van der Waals surface area (Å²) >= 11 is 0. The predicted octanol–water partition coefficient (Wildman–Crippen LogP) is 1.52. The average Bonchev–Trinajstić information content (AvgIpc) is 3.26. The smallest absolute Gasteiger partial charge is 0.244 e. The number of amides is 1. The van der Waals surface area contributed by atoms with E-state index in [1.807, 2.05) is 15.8 Å². The van der Waals surface area contributed by atoms with Crippen molar-refractivity contribution < 1.29 is 9.53 Å². The standard InChI is InChI=1S/C18H28N4O2/c23-17(21-10-11-24-18(14-21)6-1-2-7-18)13-22-9-5-16(20-22)15-4-3-8-19-12-15/h5,9,15,19H,1-4,6-8,10-14H2. The van der Waals surface area contributed by atoms with Gasteiger partial charge in [-0.3, -0.25) is 9.48 Å². The molecule has 1 aromatic heterocycles. The first kappa shape index (κ1) is 16.1.